The van der Waals surface area contributed by atoms with Gasteiger partial charge in [0.1, 0.15) is 0 Å². The first kappa shape index (κ1) is 21.5. The van der Waals surface area contributed by atoms with Crippen LogP contribution in [0.25, 0.3) is 5.57 Å². The fraction of sp³-hybridized carbons (Fsp3) is 0.129. The molecule has 4 aromatic rings. The van der Waals surface area contributed by atoms with Gasteiger partial charge in [-0.25, -0.2) is 0 Å². The molecule has 0 saturated heterocycles. The highest BCUT2D eigenvalue weighted by Crippen LogP contribution is 2.31. The molecule has 32 heavy (non-hydrogen) atoms. The van der Waals surface area contributed by atoms with E-state index >= 15 is 0 Å². The SMILES string of the molecule is Cc1ccc(C(=CC(C(=O)c2ccccc2)c2ccc(C)cc2)c2ccc(C)cc2)cc1. The Morgan fingerprint density at radius 1 is 0.562 bits per heavy atom. The number of carbonyl (C=O) groups excluding carboxylic acids is 1. The summed E-state index contributed by atoms with van der Waals surface area (Å²) >= 11 is 0. The van der Waals surface area contributed by atoms with E-state index in [-0.39, 0.29) is 11.7 Å². The van der Waals surface area contributed by atoms with E-state index in [1.54, 1.807) is 0 Å². The minimum Gasteiger partial charge on any atom is -0.293 e. The molecule has 0 saturated carbocycles. The minimum atomic E-state index is -0.379. The average Bonchev–Trinajstić information content (AvgIpc) is 2.82. The third kappa shape index (κ3) is 4.95. The van der Waals surface area contributed by atoms with Crippen LogP contribution in [0, 0.1) is 20.8 Å². The number of benzene rings is 4. The first-order chi connectivity index (χ1) is 15.5. The Bertz CT molecular complexity index is 1170. The van der Waals surface area contributed by atoms with Gasteiger partial charge in [-0.15, -0.1) is 0 Å². The Balaban J connectivity index is 1.89. The number of Topliss-reactive ketones (excluding diaryl/α,β-unsaturated/α-hetero) is 1. The summed E-state index contributed by atoms with van der Waals surface area (Å²) in [5, 5.41) is 0. The number of hydrogen-bond acceptors (Lipinski definition) is 1. The smallest absolute Gasteiger partial charge is 0.174 e. The normalized spacial score (nSPS) is 11.6. The van der Waals surface area contributed by atoms with Crippen LogP contribution in [0.3, 0.4) is 0 Å². The van der Waals surface area contributed by atoms with Crippen molar-refractivity contribution in [2.75, 3.05) is 0 Å². The van der Waals surface area contributed by atoms with Gasteiger partial charge in [0.25, 0.3) is 0 Å². The summed E-state index contributed by atoms with van der Waals surface area (Å²) < 4.78 is 0. The van der Waals surface area contributed by atoms with Crippen LogP contribution < -0.4 is 0 Å². The van der Waals surface area contributed by atoms with Crippen LogP contribution >= 0.6 is 0 Å². The molecule has 4 aromatic carbocycles. The van der Waals surface area contributed by atoms with Crippen LogP contribution in [-0.2, 0) is 0 Å². The lowest BCUT2D eigenvalue weighted by molar-refractivity contribution is 0.0976. The molecular weight excluding hydrogens is 388 g/mol. The molecule has 0 heterocycles. The molecule has 1 atom stereocenters. The van der Waals surface area contributed by atoms with Crippen molar-refractivity contribution in [1.82, 2.24) is 0 Å². The number of hydrogen-bond donors (Lipinski definition) is 0. The Labute approximate surface area is 191 Å². The summed E-state index contributed by atoms with van der Waals surface area (Å²) in [6, 6.07) is 34.9. The number of aryl methyl sites for hydroxylation is 3. The monoisotopic (exact) mass is 416 g/mol. The maximum atomic E-state index is 13.7. The molecule has 0 aliphatic heterocycles. The first-order valence-electron chi connectivity index (χ1n) is 11.0. The highest BCUT2D eigenvalue weighted by molar-refractivity contribution is 6.03. The van der Waals surface area contributed by atoms with Gasteiger partial charge in [0.05, 0.1) is 5.92 Å². The molecule has 1 nitrogen and oxygen atoms in total. The number of ketones is 1. The maximum absolute atomic E-state index is 13.7. The van der Waals surface area contributed by atoms with Crippen molar-refractivity contribution in [3.63, 3.8) is 0 Å². The van der Waals surface area contributed by atoms with Gasteiger partial charge >= 0.3 is 0 Å². The zero-order valence-electron chi connectivity index (χ0n) is 18.9. The highest BCUT2D eigenvalue weighted by atomic mass is 16.1. The van der Waals surface area contributed by atoms with Crippen molar-refractivity contribution in [2.45, 2.75) is 26.7 Å². The van der Waals surface area contributed by atoms with E-state index in [2.05, 4.69) is 99.6 Å². The highest BCUT2D eigenvalue weighted by Gasteiger charge is 2.21. The summed E-state index contributed by atoms with van der Waals surface area (Å²) in [6.45, 7) is 6.25. The van der Waals surface area contributed by atoms with Gasteiger partial charge in [0.15, 0.2) is 5.78 Å². The Hall–Kier alpha value is -3.71. The van der Waals surface area contributed by atoms with Crippen LogP contribution in [0.4, 0.5) is 0 Å². The van der Waals surface area contributed by atoms with Crippen LogP contribution in [0.15, 0.2) is 109 Å². The second-order valence-corrected chi connectivity index (χ2v) is 8.43. The van der Waals surface area contributed by atoms with Crippen molar-refractivity contribution in [1.29, 1.82) is 0 Å². The largest absolute Gasteiger partial charge is 0.293 e. The fourth-order valence-electron chi connectivity index (χ4n) is 3.87. The number of carbonyl (C=O) groups is 1. The molecule has 0 fully saturated rings. The maximum Gasteiger partial charge on any atom is 0.174 e. The van der Waals surface area contributed by atoms with E-state index in [0.29, 0.717) is 0 Å². The summed E-state index contributed by atoms with van der Waals surface area (Å²) in [4.78, 5) is 13.7. The second kappa shape index (κ2) is 9.62. The molecular formula is C31H28O. The number of allylic oxidation sites excluding steroid dienone is 1. The summed E-state index contributed by atoms with van der Waals surface area (Å²) in [6.07, 6.45) is 2.13. The fourth-order valence-corrected chi connectivity index (χ4v) is 3.87. The van der Waals surface area contributed by atoms with E-state index in [1.165, 1.54) is 16.7 Å². The third-order valence-electron chi connectivity index (χ3n) is 5.84. The molecule has 158 valence electrons. The summed E-state index contributed by atoms with van der Waals surface area (Å²) in [7, 11) is 0. The predicted octanol–water partition coefficient (Wildman–Crippen LogP) is 7.71. The van der Waals surface area contributed by atoms with Crippen molar-refractivity contribution in [3.05, 3.63) is 148 Å². The zero-order chi connectivity index (χ0) is 22.5. The second-order valence-electron chi connectivity index (χ2n) is 8.43. The topological polar surface area (TPSA) is 17.1 Å². The Kier molecular flexibility index (Phi) is 6.47. The van der Waals surface area contributed by atoms with Crippen molar-refractivity contribution < 1.29 is 4.79 Å². The van der Waals surface area contributed by atoms with E-state index in [1.807, 2.05) is 30.3 Å². The predicted molar refractivity (Wildman–Crippen MR) is 134 cm³/mol. The third-order valence-corrected chi connectivity index (χ3v) is 5.84. The minimum absolute atomic E-state index is 0.103. The van der Waals surface area contributed by atoms with Gasteiger partial charge in [-0.3, -0.25) is 4.79 Å². The van der Waals surface area contributed by atoms with Crippen molar-refractivity contribution in [3.8, 4) is 0 Å². The first-order valence-corrected chi connectivity index (χ1v) is 11.0. The van der Waals surface area contributed by atoms with Crippen LogP contribution in [0.5, 0.6) is 0 Å². The van der Waals surface area contributed by atoms with Gasteiger partial charge in [-0.05, 0) is 43.0 Å². The van der Waals surface area contributed by atoms with Gasteiger partial charge in [-0.2, -0.15) is 0 Å². The van der Waals surface area contributed by atoms with E-state index in [0.717, 1.165) is 27.8 Å². The van der Waals surface area contributed by atoms with Crippen molar-refractivity contribution >= 4 is 11.4 Å². The summed E-state index contributed by atoms with van der Waals surface area (Å²) in [5.41, 5.74) is 8.62. The quantitative estimate of drug-likeness (QED) is 0.294. The van der Waals surface area contributed by atoms with Gasteiger partial charge in [-0.1, -0.05) is 126 Å². The molecule has 4 rings (SSSR count). The summed E-state index contributed by atoms with van der Waals surface area (Å²) in [5.74, 6) is -0.276. The van der Waals surface area contributed by atoms with Crippen molar-refractivity contribution in [2.24, 2.45) is 0 Å². The molecule has 0 radical (unpaired) electrons. The lowest BCUT2D eigenvalue weighted by atomic mass is 9.85. The van der Waals surface area contributed by atoms with Crippen LogP contribution in [0.1, 0.15) is 49.7 Å². The molecule has 0 aromatic heterocycles. The zero-order valence-corrected chi connectivity index (χ0v) is 18.9. The van der Waals surface area contributed by atoms with Gasteiger partial charge < -0.3 is 0 Å². The molecule has 0 spiro atoms. The molecule has 1 heteroatoms. The van der Waals surface area contributed by atoms with E-state index < -0.39 is 0 Å². The lowest BCUT2D eigenvalue weighted by Crippen LogP contribution is -2.12. The molecule has 0 amide bonds. The molecule has 0 N–H and O–H groups in total. The molecule has 1 unspecified atom stereocenters. The van der Waals surface area contributed by atoms with Crippen LogP contribution in [-0.4, -0.2) is 5.78 Å². The van der Waals surface area contributed by atoms with Crippen LogP contribution in [0.2, 0.25) is 0 Å². The number of rotatable bonds is 6. The van der Waals surface area contributed by atoms with Gasteiger partial charge in [0, 0.05) is 5.56 Å². The van der Waals surface area contributed by atoms with Gasteiger partial charge in [0.2, 0.25) is 0 Å². The lowest BCUT2D eigenvalue weighted by Gasteiger charge is -2.17. The van der Waals surface area contributed by atoms with E-state index in [9.17, 15) is 4.79 Å². The Morgan fingerprint density at radius 3 is 1.47 bits per heavy atom. The molecule has 0 aliphatic carbocycles. The van der Waals surface area contributed by atoms with E-state index in [4.69, 9.17) is 0 Å². The molecule has 0 aliphatic rings. The Morgan fingerprint density at radius 2 is 1.00 bits per heavy atom. The standard InChI is InChI=1S/C31H28O/c1-22-9-15-25(16-10-22)29(26-17-11-23(2)12-18-26)21-30(27-19-13-24(3)14-20-27)31(32)28-7-5-4-6-8-28/h4-21,30H,1-3H3. The molecule has 0 bridgehead atoms. The average molecular weight is 417 g/mol.